The molecule has 0 aromatic rings. The molecular formula is C37H67N3O12. The van der Waals surface area contributed by atoms with E-state index in [0.717, 1.165) is 38.5 Å². The Hall–Kier alpha value is -3.14. The van der Waals surface area contributed by atoms with Crippen molar-refractivity contribution in [2.45, 2.75) is 135 Å². The number of rotatable bonds is 39. The summed E-state index contributed by atoms with van der Waals surface area (Å²) in [5, 5.41) is 25.9. The van der Waals surface area contributed by atoms with E-state index in [0.29, 0.717) is 32.8 Å². The minimum atomic E-state index is -1.17. The average molecular weight is 746 g/mol. The molecule has 0 aliphatic carbocycles. The molecule has 0 radical (unpaired) electrons. The van der Waals surface area contributed by atoms with E-state index >= 15 is 0 Å². The van der Waals surface area contributed by atoms with E-state index in [2.05, 4.69) is 16.0 Å². The zero-order chi connectivity index (χ0) is 38.5. The zero-order valence-electron chi connectivity index (χ0n) is 31.6. The molecule has 5 N–H and O–H groups in total. The lowest BCUT2D eigenvalue weighted by Gasteiger charge is -2.14. The van der Waals surface area contributed by atoms with Crippen LogP contribution in [0, 0.1) is 0 Å². The third-order valence-electron chi connectivity index (χ3n) is 8.01. The number of amides is 3. The SMILES string of the molecule is CC(=O)COCCOCCNC(=O)COCCOCCNC(=O)CC[C@H](NC(=O)CCCCCCCCCCCCCCCCCC(=O)O)C(=O)O. The number of aliphatic carboxylic acids is 2. The number of carbonyl (C=O) groups excluding carboxylic acids is 4. The second kappa shape index (κ2) is 36.2. The number of carboxylic acids is 2. The molecule has 0 fully saturated rings. The van der Waals surface area contributed by atoms with E-state index in [1.807, 2.05) is 0 Å². The number of ether oxygens (including phenoxy) is 4. The maximum absolute atomic E-state index is 12.3. The highest BCUT2D eigenvalue weighted by Crippen LogP contribution is 2.14. The predicted octanol–water partition coefficient (Wildman–Crippen LogP) is 3.94. The first-order chi connectivity index (χ1) is 25.1. The Bertz CT molecular complexity index is 966. The van der Waals surface area contributed by atoms with Crippen molar-refractivity contribution < 1.29 is 57.9 Å². The summed E-state index contributed by atoms with van der Waals surface area (Å²) in [5.74, 6) is -2.89. The van der Waals surface area contributed by atoms with Gasteiger partial charge in [-0.3, -0.25) is 24.0 Å². The molecule has 0 saturated carbocycles. The average Bonchev–Trinajstić information content (AvgIpc) is 3.09. The largest absolute Gasteiger partial charge is 0.481 e. The highest BCUT2D eigenvalue weighted by molar-refractivity contribution is 5.84. The molecule has 0 aromatic carbocycles. The van der Waals surface area contributed by atoms with E-state index in [4.69, 9.17) is 24.1 Å². The van der Waals surface area contributed by atoms with E-state index in [9.17, 15) is 33.9 Å². The Morgan fingerprint density at radius 2 is 0.904 bits per heavy atom. The van der Waals surface area contributed by atoms with E-state index in [1.165, 1.54) is 58.3 Å². The summed E-state index contributed by atoms with van der Waals surface area (Å²) in [6.45, 7) is 3.47. The number of carbonyl (C=O) groups is 6. The minimum Gasteiger partial charge on any atom is -0.481 e. The molecule has 302 valence electrons. The predicted molar refractivity (Wildman–Crippen MR) is 195 cm³/mol. The van der Waals surface area contributed by atoms with Gasteiger partial charge in [0, 0.05) is 32.4 Å². The standard InChI is InChI=1S/C37H67N3O12/c1-31(41)29-51-27-25-50-24-22-39-35(44)30-52-28-26-49-23-21-38-33(42)20-19-32(37(47)48)40-34(43)17-15-13-11-9-7-5-3-2-4-6-8-10-12-14-16-18-36(45)46/h32H,2-30H2,1H3,(H,38,42)(H,39,44)(H,40,43)(H,45,46)(H,47,48)/t32-/m0/s1. The minimum absolute atomic E-state index is 0.0140. The van der Waals surface area contributed by atoms with Crippen LogP contribution in [0.25, 0.3) is 0 Å². The number of unbranched alkanes of at least 4 members (excludes halogenated alkanes) is 14. The molecule has 0 aliphatic rings. The van der Waals surface area contributed by atoms with Gasteiger partial charge in [-0.05, 0) is 26.2 Å². The Labute approximate surface area is 310 Å². The van der Waals surface area contributed by atoms with Crippen molar-refractivity contribution in [3.05, 3.63) is 0 Å². The molecule has 3 amide bonds. The van der Waals surface area contributed by atoms with Crippen LogP contribution in [0.15, 0.2) is 0 Å². The molecule has 0 aromatic heterocycles. The van der Waals surface area contributed by atoms with Crippen LogP contribution in [0.4, 0.5) is 0 Å². The van der Waals surface area contributed by atoms with Crippen LogP contribution < -0.4 is 16.0 Å². The summed E-state index contributed by atoms with van der Waals surface area (Å²) < 4.78 is 20.9. The molecule has 15 heteroatoms. The summed E-state index contributed by atoms with van der Waals surface area (Å²) in [6.07, 6.45) is 17.0. The van der Waals surface area contributed by atoms with Crippen molar-refractivity contribution in [3.63, 3.8) is 0 Å². The van der Waals surface area contributed by atoms with Gasteiger partial charge in [-0.15, -0.1) is 0 Å². The van der Waals surface area contributed by atoms with Crippen molar-refractivity contribution in [1.82, 2.24) is 16.0 Å². The summed E-state index contributed by atoms with van der Waals surface area (Å²) >= 11 is 0. The summed E-state index contributed by atoms with van der Waals surface area (Å²) in [4.78, 5) is 69.0. The molecular weight excluding hydrogens is 678 g/mol. The fourth-order valence-corrected chi connectivity index (χ4v) is 5.14. The molecule has 0 unspecified atom stereocenters. The van der Waals surface area contributed by atoms with E-state index < -0.39 is 18.0 Å². The highest BCUT2D eigenvalue weighted by Gasteiger charge is 2.20. The van der Waals surface area contributed by atoms with Crippen LogP contribution in [0.3, 0.4) is 0 Å². The fraction of sp³-hybridized carbons (Fsp3) is 0.838. The number of carboxylic acid groups (broad SMARTS) is 2. The third-order valence-corrected chi connectivity index (χ3v) is 8.01. The first kappa shape index (κ1) is 48.9. The second-order valence-corrected chi connectivity index (χ2v) is 12.9. The van der Waals surface area contributed by atoms with Gasteiger partial charge in [-0.2, -0.15) is 0 Å². The highest BCUT2D eigenvalue weighted by atomic mass is 16.5. The van der Waals surface area contributed by atoms with Crippen LogP contribution in [0.1, 0.15) is 129 Å². The van der Waals surface area contributed by atoms with Gasteiger partial charge in [0.15, 0.2) is 5.78 Å². The Morgan fingerprint density at radius 1 is 0.481 bits per heavy atom. The van der Waals surface area contributed by atoms with Gasteiger partial charge in [-0.25, -0.2) is 4.79 Å². The smallest absolute Gasteiger partial charge is 0.326 e. The van der Waals surface area contributed by atoms with Crippen LogP contribution in [0.2, 0.25) is 0 Å². The van der Waals surface area contributed by atoms with Crippen molar-refractivity contribution in [1.29, 1.82) is 0 Å². The lowest BCUT2D eigenvalue weighted by molar-refractivity contribution is -0.142. The number of ketones is 1. The molecule has 15 nitrogen and oxygen atoms in total. The van der Waals surface area contributed by atoms with Gasteiger partial charge >= 0.3 is 11.9 Å². The van der Waals surface area contributed by atoms with Crippen molar-refractivity contribution in [3.8, 4) is 0 Å². The number of hydrogen-bond donors (Lipinski definition) is 5. The Morgan fingerprint density at radius 3 is 1.37 bits per heavy atom. The first-order valence-corrected chi connectivity index (χ1v) is 19.2. The Kier molecular flexibility index (Phi) is 34.0. The molecule has 0 heterocycles. The quantitative estimate of drug-likeness (QED) is 0.0566. The summed E-state index contributed by atoms with van der Waals surface area (Å²) in [6, 6.07) is -1.13. The Balaban J connectivity index is 3.65. The lowest BCUT2D eigenvalue weighted by Crippen LogP contribution is -2.41. The van der Waals surface area contributed by atoms with Gasteiger partial charge in [0.2, 0.25) is 17.7 Å². The monoisotopic (exact) mass is 745 g/mol. The van der Waals surface area contributed by atoms with Gasteiger partial charge in [0.25, 0.3) is 0 Å². The molecule has 1 atom stereocenters. The topological polar surface area (TPSA) is 216 Å². The van der Waals surface area contributed by atoms with Gasteiger partial charge < -0.3 is 45.1 Å². The van der Waals surface area contributed by atoms with Crippen LogP contribution in [0.5, 0.6) is 0 Å². The van der Waals surface area contributed by atoms with Gasteiger partial charge in [0.05, 0.1) is 39.6 Å². The van der Waals surface area contributed by atoms with Gasteiger partial charge in [0.1, 0.15) is 19.3 Å². The van der Waals surface area contributed by atoms with Gasteiger partial charge in [-0.1, -0.05) is 83.5 Å². The van der Waals surface area contributed by atoms with Crippen LogP contribution in [-0.2, 0) is 47.7 Å². The molecule has 0 bridgehead atoms. The van der Waals surface area contributed by atoms with E-state index in [1.54, 1.807) is 0 Å². The molecule has 0 rings (SSSR count). The first-order valence-electron chi connectivity index (χ1n) is 19.2. The van der Waals surface area contributed by atoms with Crippen molar-refractivity contribution in [2.24, 2.45) is 0 Å². The maximum atomic E-state index is 12.3. The number of Topliss-reactive ketones (excluding diaryl/α,β-unsaturated/α-hetero) is 1. The molecule has 52 heavy (non-hydrogen) atoms. The lowest BCUT2D eigenvalue weighted by atomic mass is 10.0. The number of nitrogens with one attached hydrogen (secondary N) is 3. The van der Waals surface area contributed by atoms with Crippen LogP contribution >= 0.6 is 0 Å². The summed E-state index contributed by atoms with van der Waals surface area (Å²) in [5.41, 5.74) is 0. The van der Waals surface area contributed by atoms with Crippen molar-refractivity contribution in [2.75, 3.05) is 65.9 Å². The zero-order valence-corrected chi connectivity index (χ0v) is 31.6. The molecule has 0 aliphatic heterocycles. The second-order valence-electron chi connectivity index (χ2n) is 12.9. The van der Waals surface area contributed by atoms with Crippen molar-refractivity contribution >= 4 is 35.4 Å². The molecule has 0 spiro atoms. The maximum Gasteiger partial charge on any atom is 0.326 e. The normalized spacial score (nSPS) is 11.6. The van der Waals surface area contributed by atoms with E-state index in [-0.39, 0.29) is 88.8 Å². The molecule has 0 saturated heterocycles. The van der Waals surface area contributed by atoms with Crippen LogP contribution in [-0.4, -0.2) is 118 Å². The third kappa shape index (κ3) is 36.6. The summed E-state index contributed by atoms with van der Waals surface area (Å²) in [7, 11) is 0. The number of hydrogen-bond acceptors (Lipinski definition) is 10. The fourth-order valence-electron chi connectivity index (χ4n) is 5.14.